The zero-order valence-corrected chi connectivity index (χ0v) is 6.12. The van der Waals surface area contributed by atoms with Crippen molar-refractivity contribution in [3.05, 3.63) is 0 Å². The first-order valence-corrected chi connectivity index (χ1v) is 4.63. The van der Waals surface area contributed by atoms with Crippen molar-refractivity contribution in [3.63, 3.8) is 0 Å². The molecule has 0 amide bonds. The summed E-state index contributed by atoms with van der Waals surface area (Å²) in [6.07, 6.45) is 7.12. The molecule has 0 unspecified atom stereocenters. The molecule has 1 saturated heterocycles. The average Bonchev–Trinajstić information content (AvgIpc) is 1.90. The SMILES string of the molecule is C#CC1CC[S+]([O-])CC1. The van der Waals surface area contributed by atoms with Crippen molar-refractivity contribution < 1.29 is 4.55 Å². The molecule has 0 N–H and O–H groups in total. The van der Waals surface area contributed by atoms with Crippen molar-refractivity contribution in [1.29, 1.82) is 0 Å². The number of terminal acetylenes is 1. The molecule has 1 rings (SSSR count). The molecule has 0 aromatic heterocycles. The summed E-state index contributed by atoms with van der Waals surface area (Å²) in [4.78, 5) is 0. The van der Waals surface area contributed by atoms with Crippen LogP contribution < -0.4 is 0 Å². The van der Waals surface area contributed by atoms with Crippen LogP contribution in [0.15, 0.2) is 0 Å². The van der Waals surface area contributed by atoms with Gasteiger partial charge in [-0.2, -0.15) is 0 Å². The molecule has 1 heterocycles. The molecule has 1 fully saturated rings. The molecule has 2 heteroatoms. The maximum atomic E-state index is 10.8. The molecule has 1 aliphatic heterocycles. The molecule has 0 aliphatic carbocycles. The van der Waals surface area contributed by atoms with Gasteiger partial charge in [-0.3, -0.25) is 0 Å². The first-order chi connectivity index (χ1) is 4.33. The van der Waals surface area contributed by atoms with Crippen LogP contribution in [0.2, 0.25) is 0 Å². The largest absolute Gasteiger partial charge is 0.616 e. The highest BCUT2D eigenvalue weighted by Crippen LogP contribution is 2.17. The Labute approximate surface area is 59.0 Å². The molecule has 0 atom stereocenters. The second kappa shape index (κ2) is 3.14. The predicted molar refractivity (Wildman–Crippen MR) is 39.4 cm³/mol. The van der Waals surface area contributed by atoms with Crippen molar-refractivity contribution in [2.45, 2.75) is 12.8 Å². The third kappa shape index (κ3) is 1.92. The molecule has 0 bridgehead atoms. The van der Waals surface area contributed by atoms with Gasteiger partial charge in [0.2, 0.25) is 0 Å². The lowest BCUT2D eigenvalue weighted by Crippen LogP contribution is -2.22. The van der Waals surface area contributed by atoms with Gasteiger partial charge < -0.3 is 4.55 Å². The summed E-state index contributed by atoms with van der Waals surface area (Å²) < 4.78 is 10.8. The second-order valence-corrected chi connectivity index (χ2v) is 3.99. The Morgan fingerprint density at radius 1 is 1.44 bits per heavy atom. The molecule has 0 saturated carbocycles. The Morgan fingerprint density at radius 2 is 2.00 bits per heavy atom. The van der Waals surface area contributed by atoms with Gasteiger partial charge in [-0.05, 0) is 0 Å². The van der Waals surface area contributed by atoms with E-state index in [-0.39, 0.29) is 0 Å². The first kappa shape index (κ1) is 6.98. The van der Waals surface area contributed by atoms with Crippen LogP contribution in [0.1, 0.15) is 12.8 Å². The van der Waals surface area contributed by atoms with Gasteiger partial charge in [-0.1, -0.05) is 11.2 Å². The quantitative estimate of drug-likeness (QED) is 0.362. The minimum absolute atomic E-state index is 0.405. The fourth-order valence-electron chi connectivity index (χ4n) is 0.960. The Hall–Kier alpha value is -0.130. The Bertz CT molecular complexity index is 119. The van der Waals surface area contributed by atoms with Gasteiger partial charge in [0.15, 0.2) is 0 Å². The lowest BCUT2D eigenvalue weighted by molar-refractivity contribution is 0.543. The molecule has 50 valence electrons. The van der Waals surface area contributed by atoms with Crippen molar-refractivity contribution >= 4 is 11.2 Å². The molecule has 1 aliphatic rings. The van der Waals surface area contributed by atoms with E-state index in [4.69, 9.17) is 6.42 Å². The summed E-state index contributed by atoms with van der Waals surface area (Å²) in [5.74, 6) is 4.72. The van der Waals surface area contributed by atoms with Gasteiger partial charge in [0.1, 0.15) is 11.5 Å². The molecule has 0 aromatic carbocycles. The lowest BCUT2D eigenvalue weighted by Gasteiger charge is -2.19. The van der Waals surface area contributed by atoms with Crippen LogP contribution in [0.3, 0.4) is 0 Å². The number of rotatable bonds is 0. The van der Waals surface area contributed by atoms with Crippen LogP contribution in [-0.2, 0) is 11.2 Å². The first-order valence-electron chi connectivity index (χ1n) is 3.14. The summed E-state index contributed by atoms with van der Waals surface area (Å²) >= 11 is -0.558. The van der Waals surface area contributed by atoms with Crippen LogP contribution >= 0.6 is 0 Å². The van der Waals surface area contributed by atoms with E-state index < -0.39 is 11.2 Å². The molecule has 0 spiro atoms. The van der Waals surface area contributed by atoms with E-state index in [1.165, 1.54) is 0 Å². The monoisotopic (exact) mass is 142 g/mol. The van der Waals surface area contributed by atoms with Gasteiger partial charge in [-0.15, -0.1) is 12.3 Å². The second-order valence-electron chi connectivity index (χ2n) is 2.29. The summed E-state index contributed by atoms with van der Waals surface area (Å²) in [5.41, 5.74) is 0. The Kier molecular flexibility index (Phi) is 2.44. The number of hydrogen-bond donors (Lipinski definition) is 0. The minimum Gasteiger partial charge on any atom is -0.616 e. The van der Waals surface area contributed by atoms with Crippen molar-refractivity contribution in [2.24, 2.45) is 5.92 Å². The van der Waals surface area contributed by atoms with Crippen LogP contribution in [0.5, 0.6) is 0 Å². The highest BCUT2D eigenvalue weighted by atomic mass is 32.2. The fourth-order valence-corrected chi connectivity index (χ4v) is 2.26. The van der Waals surface area contributed by atoms with Crippen LogP contribution in [0, 0.1) is 18.3 Å². The predicted octanol–water partition coefficient (Wildman–Crippen LogP) is 0.778. The van der Waals surface area contributed by atoms with E-state index in [0.29, 0.717) is 5.92 Å². The Balaban J connectivity index is 2.28. The van der Waals surface area contributed by atoms with Crippen LogP contribution in [-0.4, -0.2) is 16.1 Å². The summed E-state index contributed by atoms with van der Waals surface area (Å²) in [6, 6.07) is 0. The van der Waals surface area contributed by atoms with Gasteiger partial charge in [0.25, 0.3) is 0 Å². The normalized spacial score (nSPS) is 35.6. The smallest absolute Gasteiger partial charge is 0.106 e. The van der Waals surface area contributed by atoms with Gasteiger partial charge in [0, 0.05) is 18.8 Å². The van der Waals surface area contributed by atoms with E-state index in [1.54, 1.807) is 0 Å². The van der Waals surface area contributed by atoms with E-state index >= 15 is 0 Å². The Morgan fingerprint density at radius 3 is 2.44 bits per heavy atom. The maximum Gasteiger partial charge on any atom is 0.106 e. The zero-order valence-electron chi connectivity index (χ0n) is 5.30. The summed E-state index contributed by atoms with van der Waals surface area (Å²) in [5, 5.41) is 0. The third-order valence-electron chi connectivity index (χ3n) is 1.62. The van der Waals surface area contributed by atoms with E-state index in [1.807, 2.05) is 0 Å². The van der Waals surface area contributed by atoms with Crippen LogP contribution in [0.4, 0.5) is 0 Å². The lowest BCUT2D eigenvalue weighted by atomic mass is 10.1. The van der Waals surface area contributed by atoms with E-state index in [9.17, 15) is 4.55 Å². The highest BCUT2D eigenvalue weighted by Gasteiger charge is 2.19. The summed E-state index contributed by atoms with van der Waals surface area (Å²) in [6.45, 7) is 0. The molecule has 9 heavy (non-hydrogen) atoms. The fraction of sp³-hybridized carbons (Fsp3) is 0.714. The van der Waals surface area contributed by atoms with Gasteiger partial charge >= 0.3 is 0 Å². The molecule has 1 nitrogen and oxygen atoms in total. The van der Waals surface area contributed by atoms with Crippen molar-refractivity contribution in [1.82, 2.24) is 0 Å². The topological polar surface area (TPSA) is 23.1 Å². The molecule has 0 radical (unpaired) electrons. The van der Waals surface area contributed by atoms with E-state index in [0.717, 1.165) is 24.3 Å². The third-order valence-corrected chi connectivity index (χ3v) is 3.01. The molecule has 0 aromatic rings. The highest BCUT2D eigenvalue weighted by molar-refractivity contribution is 7.91. The molecular formula is C7H10OS. The minimum atomic E-state index is -0.558. The van der Waals surface area contributed by atoms with Crippen molar-refractivity contribution in [3.8, 4) is 12.3 Å². The number of hydrogen-bond acceptors (Lipinski definition) is 1. The van der Waals surface area contributed by atoms with E-state index in [2.05, 4.69) is 5.92 Å². The summed E-state index contributed by atoms with van der Waals surface area (Å²) in [7, 11) is 0. The zero-order chi connectivity index (χ0) is 6.69. The van der Waals surface area contributed by atoms with Crippen molar-refractivity contribution in [2.75, 3.05) is 11.5 Å². The van der Waals surface area contributed by atoms with Crippen LogP contribution in [0.25, 0.3) is 0 Å². The maximum absolute atomic E-state index is 10.8. The standard InChI is InChI=1S/C7H10OS/c1-2-7-3-5-9(8)6-4-7/h1,7H,3-6H2. The average molecular weight is 142 g/mol. The van der Waals surface area contributed by atoms with Gasteiger partial charge in [-0.25, -0.2) is 0 Å². The van der Waals surface area contributed by atoms with Gasteiger partial charge in [0.05, 0.1) is 0 Å². The molecular weight excluding hydrogens is 132 g/mol.